The number of aliphatic imine (C=N–C) groups is 1. The number of rotatable bonds is 11. The summed E-state index contributed by atoms with van der Waals surface area (Å²) in [7, 11) is 0. The second-order valence-electron chi connectivity index (χ2n) is 7.76. The van der Waals surface area contributed by atoms with Crippen LogP contribution < -0.4 is 10.6 Å². The molecule has 1 fully saturated rings. The van der Waals surface area contributed by atoms with E-state index in [2.05, 4.69) is 39.6 Å². The SMILES string of the molecule is CCNC(=NCC1(CCOCC)CCCC1)NCCc1noc(-c2ccccn2)n1.I. The minimum atomic E-state index is 0. The van der Waals surface area contributed by atoms with Crippen LogP contribution in [0.1, 0.15) is 51.8 Å². The fraction of sp³-hybridized carbons (Fsp3) is 0.636. The Balaban J connectivity index is 0.00000341. The molecule has 1 saturated carbocycles. The van der Waals surface area contributed by atoms with E-state index >= 15 is 0 Å². The van der Waals surface area contributed by atoms with Crippen molar-refractivity contribution < 1.29 is 9.26 Å². The zero-order chi connectivity index (χ0) is 21.1. The zero-order valence-electron chi connectivity index (χ0n) is 18.6. The Morgan fingerprint density at radius 1 is 1.23 bits per heavy atom. The molecule has 1 aliphatic rings. The summed E-state index contributed by atoms with van der Waals surface area (Å²) in [6, 6.07) is 5.62. The van der Waals surface area contributed by atoms with Gasteiger partial charge in [-0.05, 0) is 50.7 Å². The maximum absolute atomic E-state index is 5.62. The predicted molar refractivity (Wildman–Crippen MR) is 133 cm³/mol. The standard InChI is InChI=1S/C22H34N6O2.HI/c1-3-23-21(26-17-22(11-6-7-12-22)13-16-29-4-2)25-15-10-19-27-20(30-28-19)18-9-5-8-14-24-18;/h5,8-9,14H,3-4,6-7,10-13,15-17H2,1-2H3,(H2,23,25,26);1H. The Labute approximate surface area is 202 Å². The van der Waals surface area contributed by atoms with Crippen molar-refractivity contribution in [3.8, 4) is 11.6 Å². The van der Waals surface area contributed by atoms with Crippen molar-refractivity contribution in [1.82, 2.24) is 25.8 Å². The molecule has 2 heterocycles. The average Bonchev–Trinajstić information content (AvgIpc) is 3.43. The molecular weight excluding hydrogens is 507 g/mol. The van der Waals surface area contributed by atoms with Gasteiger partial charge >= 0.3 is 0 Å². The van der Waals surface area contributed by atoms with Crippen molar-refractivity contribution in [3.63, 3.8) is 0 Å². The van der Waals surface area contributed by atoms with Gasteiger partial charge in [0, 0.05) is 45.5 Å². The highest BCUT2D eigenvalue weighted by molar-refractivity contribution is 14.0. The van der Waals surface area contributed by atoms with E-state index in [0.29, 0.717) is 30.4 Å². The lowest BCUT2D eigenvalue weighted by Crippen LogP contribution is -2.39. The number of hydrogen-bond acceptors (Lipinski definition) is 6. The Morgan fingerprint density at radius 3 is 2.77 bits per heavy atom. The minimum absolute atomic E-state index is 0. The second-order valence-corrected chi connectivity index (χ2v) is 7.76. The summed E-state index contributed by atoms with van der Waals surface area (Å²) < 4.78 is 10.9. The summed E-state index contributed by atoms with van der Waals surface area (Å²) in [4.78, 5) is 13.6. The molecule has 0 unspecified atom stereocenters. The van der Waals surface area contributed by atoms with Gasteiger partial charge in [-0.2, -0.15) is 4.98 Å². The second kappa shape index (κ2) is 13.6. The van der Waals surface area contributed by atoms with Crippen molar-refractivity contribution in [2.75, 3.05) is 32.8 Å². The number of ether oxygens (including phenoxy) is 1. The molecule has 2 aromatic rings. The van der Waals surface area contributed by atoms with Crippen LogP contribution in [0.25, 0.3) is 11.6 Å². The van der Waals surface area contributed by atoms with Crippen LogP contribution in [-0.4, -0.2) is 53.9 Å². The van der Waals surface area contributed by atoms with Gasteiger partial charge in [0.05, 0.1) is 0 Å². The minimum Gasteiger partial charge on any atom is -0.382 e. The lowest BCUT2D eigenvalue weighted by atomic mass is 9.83. The van der Waals surface area contributed by atoms with Crippen molar-refractivity contribution in [3.05, 3.63) is 30.2 Å². The molecule has 1 aliphatic carbocycles. The third-order valence-electron chi connectivity index (χ3n) is 5.56. The third-order valence-corrected chi connectivity index (χ3v) is 5.56. The Kier molecular flexibility index (Phi) is 11.2. The molecule has 3 rings (SSSR count). The van der Waals surface area contributed by atoms with E-state index in [-0.39, 0.29) is 29.4 Å². The van der Waals surface area contributed by atoms with Crippen LogP contribution in [-0.2, 0) is 11.2 Å². The number of guanidine groups is 1. The van der Waals surface area contributed by atoms with Gasteiger partial charge in [0.15, 0.2) is 11.8 Å². The first-order valence-corrected chi connectivity index (χ1v) is 11.1. The summed E-state index contributed by atoms with van der Waals surface area (Å²) in [6.45, 7) is 8.07. The first-order valence-electron chi connectivity index (χ1n) is 11.1. The summed E-state index contributed by atoms with van der Waals surface area (Å²) >= 11 is 0. The number of hydrogen-bond donors (Lipinski definition) is 2. The van der Waals surface area contributed by atoms with Crippen molar-refractivity contribution >= 4 is 29.9 Å². The van der Waals surface area contributed by atoms with E-state index in [9.17, 15) is 0 Å². The van der Waals surface area contributed by atoms with Gasteiger partial charge in [0.2, 0.25) is 0 Å². The lowest BCUT2D eigenvalue weighted by Gasteiger charge is -2.27. The van der Waals surface area contributed by atoms with E-state index in [0.717, 1.165) is 38.7 Å². The molecular formula is C22H35IN6O2. The molecule has 0 radical (unpaired) electrons. The van der Waals surface area contributed by atoms with E-state index in [1.54, 1.807) is 6.20 Å². The third kappa shape index (κ3) is 8.03. The highest BCUT2D eigenvalue weighted by Gasteiger charge is 2.33. The van der Waals surface area contributed by atoms with Gasteiger partial charge < -0.3 is 19.9 Å². The van der Waals surface area contributed by atoms with E-state index in [1.807, 2.05) is 18.2 Å². The van der Waals surface area contributed by atoms with Crippen LogP contribution in [0.5, 0.6) is 0 Å². The van der Waals surface area contributed by atoms with Gasteiger partial charge in [-0.25, -0.2) is 0 Å². The Morgan fingerprint density at radius 2 is 2.06 bits per heavy atom. The Bertz CT molecular complexity index is 777. The number of nitrogens with zero attached hydrogens (tertiary/aromatic N) is 4. The number of halogens is 1. The molecule has 2 aromatic heterocycles. The summed E-state index contributed by atoms with van der Waals surface area (Å²) in [5.41, 5.74) is 0.969. The van der Waals surface area contributed by atoms with E-state index < -0.39 is 0 Å². The quantitative estimate of drug-likeness (QED) is 0.193. The molecule has 0 aromatic carbocycles. The highest BCUT2D eigenvalue weighted by Crippen LogP contribution is 2.41. The molecule has 31 heavy (non-hydrogen) atoms. The topological polar surface area (TPSA) is 97.5 Å². The first-order chi connectivity index (χ1) is 14.7. The van der Waals surface area contributed by atoms with Crippen molar-refractivity contribution in [1.29, 1.82) is 0 Å². The fourth-order valence-electron chi connectivity index (χ4n) is 3.88. The fourth-order valence-corrected chi connectivity index (χ4v) is 3.88. The van der Waals surface area contributed by atoms with E-state index in [4.69, 9.17) is 14.3 Å². The molecule has 9 heteroatoms. The molecule has 0 bridgehead atoms. The Hall–Kier alpha value is -1.75. The van der Waals surface area contributed by atoms with Crippen molar-refractivity contribution in [2.45, 2.75) is 52.4 Å². The van der Waals surface area contributed by atoms with E-state index in [1.165, 1.54) is 25.7 Å². The molecule has 172 valence electrons. The summed E-state index contributed by atoms with van der Waals surface area (Å²) in [5.74, 6) is 1.94. The summed E-state index contributed by atoms with van der Waals surface area (Å²) in [5, 5.41) is 10.8. The van der Waals surface area contributed by atoms with Crippen molar-refractivity contribution in [2.24, 2.45) is 10.4 Å². The maximum atomic E-state index is 5.62. The maximum Gasteiger partial charge on any atom is 0.276 e. The van der Waals surface area contributed by atoms with Gasteiger partial charge in [0.25, 0.3) is 5.89 Å². The average molecular weight is 542 g/mol. The van der Waals surface area contributed by atoms with Crippen LogP contribution in [0.4, 0.5) is 0 Å². The molecule has 2 N–H and O–H groups in total. The monoisotopic (exact) mass is 542 g/mol. The van der Waals surface area contributed by atoms with Gasteiger partial charge in [0.1, 0.15) is 5.69 Å². The van der Waals surface area contributed by atoms with Crippen LogP contribution in [0.15, 0.2) is 33.9 Å². The number of nitrogens with one attached hydrogen (secondary N) is 2. The molecule has 0 amide bonds. The zero-order valence-corrected chi connectivity index (χ0v) is 20.9. The van der Waals surface area contributed by atoms with Crippen LogP contribution in [0.3, 0.4) is 0 Å². The summed E-state index contributed by atoms with van der Waals surface area (Å²) in [6.07, 6.45) is 8.51. The number of pyridine rings is 1. The molecule has 0 atom stereocenters. The molecule has 0 saturated heterocycles. The van der Waals surface area contributed by atoms with Gasteiger partial charge in [-0.15, -0.1) is 24.0 Å². The van der Waals surface area contributed by atoms with Gasteiger partial charge in [-0.1, -0.05) is 24.1 Å². The number of aromatic nitrogens is 3. The first kappa shape index (κ1) is 25.5. The molecule has 0 aliphatic heterocycles. The van der Waals surface area contributed by atoms with Crippen LogP contribution >= 0.6 is 24.0 Å². The lowest BCUT2D eigenvalue weighted by molar-refractivity contribution is 0.107. The predicted octanol–water partition coefficient (Wildman–Crippen LogP) is 3.83. The molecule has 0 spiro atoms. The largest absolute Gasteiger partial charge is 0.382 e. The van der Waals surface area contributed by atoms with Crippen LogP contribution in [0, 0.1) is 5.41 Å². The highest BCUT2D eigenvalue weighted by atomic mass is 127. The normalized spacial score (nSPS) is 15.5. The smallest absolute Gasteiger partial charge is 0.276 e. The molecule has 8 nitrogen and oxygen atoms in total. The van der Waals surface area contributed by atoms with Gasteiger partial charge in [-0.3, -0.25) is 9.98 Å². The van der Waals surface area contributed by atoms with Crippen LogP contribution in [0.2, 0.25) is 0 Å².